The van der Waals surface area contributed by atoms with E-state index in [0.29, 0.717) is 0 Å². The molecule has 0 saturated carbocycles. The highest BCUT2D eigenvalue weighted by molar-refractivity contribution is 4.73. The molecule has 17 heavy (non-hydrogen) atoms. The Balaban J connectivity index is 3.90. The van der Waals surface area contributed by atoms with Crippen molar-refractivity contribution in [3.8, 4) is 0 Å². The average molecular weight is 241 g/mol. The summed E-state index contributed by atoms with van der Waals surface area (Å²) in [6, 6.07) is 1.52. The van der Waals surface area contributed by atoms with Gasteiger partial charge in [0.05, 0.1) is 0 Å². The van der Waals surface area contributed by atoms with Crippen molar-refractivity contribution in [3.05, 3.63) is 0 Å². The van der Waals surface area contributed by atoms with Crippen LogP contribution in [0.15, 0.2) is 0 Å². The van der Waals surface area contributed by atoms with Crippen molar-refractivity contribution in [1.82, 2.24) is 5.32 Å². The molecule has 0 unspecified atom stereocenters. The second kappa shape index (κ2) is 12.4. The van der Waals surface area contributed by atoms with Crippen molar-refractivity contribution in [2.45, 2.75) is 104 Å². The van der Waals surface area contributed by atoms with E-state index in [1.165, 1.54) is 64.2 Å². The predicted molar refractivity (Wildman–Crippen MR) is 79.6 cm³/mol. The monoisotopic (exact) mass is 241 g/mol. The van der Waals surface area contributed by atoms with E-state index in [4.69, 9.17) is 0 Å². The van der Waals surface area contributed by atoms with Crippen LogP contribution in [-0.4, -0.2) is 12.1 Å². The number of nitrogens with one attached hydrogen (secondary N) is 1. The van der Waals surface area contributed by atoms with Gasteiger partial charge in [-0.05, 0) is 25.7 Å². The van der Waals surface area contributed by atoms with Crippen molar-refractivity contribution in [3.63, 3.8) is 0 Å². The van der Waals surface area contributed by atoms with Gasteiger partial charge in [0, 0.05) is 12.1 Å². The van der Waals surface area contributed by atoms with Gasteiger partial charge >= 0.3 is 0 Å². The fourth-order valence-electron chi connectivity index (χ4n) is 2.45. The molecule has 0 atom stereocenters. The lowest BCUT2D eigenvalue weighted by Gasteiger charge is -2.24. The summed E-state index contributed by atoms with van der Waals surface area (Å²) in [5, 5.41) is 3.87. The summed E-state index contributed by atoms with van der Waals surface area (Å²) in [7, 11) is 0. The summed E-state index contributed by atoms with van der Waals surface area (Å²) in [6.07, 6.45) is 13.6. The molecule has 1 heteroatoms. The van der Waals surface area contributed by atoms with E-state index >= 15 is 0 Å². The Hall–Kier alpha value is -0.0400. The van der Waals surface area contributed by atoms with Crippen LogP contribution < -0.4 is 5.32 Å². The number of hydrogen-bond acceptors (Lipinski definition) is 1. The Bertz CT molecular complexity index is 130. The third-order valence-corrected chi connectivity index (χ3v) is 3.77. The zero-order valence-corrected chi connectivity index (χ0v) is 12.7. The molecule has 0 rings (SSSR count). The maximum atomic E-state index is 3.87. The van der Waals surface area contributed by atoms with Crippen LogP contribution in [0.2, 0.25) is 0 Å². The van der Waals surface area contributed by atoms with E-state index in [9.17, 15) is 0 Å². The molecule has 0 radical (unpaired) electrons. The molecule has 0 amide bonds. The van der Waals surface area contributed by atoms with Crippen molar-refractivity contribution in [1.29, 1.82) is 0 Å². The first-order chi connectivity index (χ1) is 8.28. The fraction of sp³-hybridized carbons (Fsp3) is 1.00. The van der Waals surface area contributed by atoms with Gasteiger partial charge in [-0.3, -0.25) is 0 Å². The van der Waals surface area contributed by atoms with E-state index in [2.05, 4.69) is 33.0 Å². The number of hydrogen-bond donors (Lipinski definition) is 1. The number of unbranched alkanes of at least 4 members (excludes halogenated alkanes) is 4. The molecule has 1 N–H and O–H groups in total. The summed E-state index contributed by atoms with van der Waals surface area (Å²) in [5.74, 6) is 0. The van der Waals surface area contributed by atoms with E-state index in [1.807, 2.05) is 0 Å². The molecular formula is C16H35N. The van der Waals surface area contributed by atoms with Crippen LogP contribution in [0.1, 0.15) is 91.9 Å². The zero-order chi connectivity index (χ0) is 12.9. The lowest BCUT2D eigenvalue weighted by atomic mass is 10.00. The van der Waals surface area contributed by atoms with Gasteiger partial charge in [0.15, 0.2) is 0 Å². The van der Waals surface area contributed by atoms with Gasteiger partial charge in [0.25, 0.3) is 0 Å². The maximum Gasteiger partial charge on any atom is 0.00696 e. The molecule has 104 valence electrons. The molecule has 0 aliphatic heterocycles. The molecule has 0 aromatic heterocycles. The normalized spacial score (nSPS) is 11.6. The van der Waals surface area contributed by atoms with E-state index in [1.54, 1.807) is 0 Å². The Morgan fingerprint density at radius 3 is 1.47 bits per heavy atom. The number of rotatable bonds is 12. The minimum atomic E-state index is 0.739. The van der Waals surface area contributed by atoms with Crippen LogP contribution in [0.5, 0.6) is 0 Å². The van der Waals surface area contributed by atoms with Crippen molar-refractivity contribution in [2.24, 2.45) is 0 Å². The van der Waals surface area contributed by atoms with E-state index in [-0.39, 0.29) is 0 Å². The Labute approximate surface area is 110 Å². The van der Waals surface area contributed by atoms with Gasteiger partial charge in [-0.1, -0.05) is 66.2 Å². The van der Waals surface area contributed by atoms with Gasteiger partial charge in [0.2, 0.25) is 0 Å². The molecule has 0 aromatic carbocycles. The first-order valence-electron chi connectivity index (χ1n) is 8.04. The molecule has 0 aliphatic rings. The first kappa shape index (κ1) is 17.0. The van der Waals surface area contributed by atoms with Crippen molar-refractivity contribution >= 4 is 0 Å². The lowest BCUT2D eigenvalue weighted by molar-refractivity contribution is 0.357. The van der Waals surface area contributed by atoms with Crippen LogP contribution in [0, 0.1) is 0 Å². The minimum absolute atomic E-state index is 0.739. The fourth-order valence-corrected chi connectivity index (χ4v) is 2.45. The highest BCUT2D eigenvalue weighted by atomic mass is 14.9. The molecule has 0 aromatic rings. The standard InChI is InChI=1S/C16H35N/c1-5-9-11-13-16(14-12-10-6-2)17-15(7-3)8-4/h15-17H,5-14H2,1-4H3. The lowest BCUT2D eigenvalue weighted by Crippen LogP contribution is -2.37. The van der Waals surface area contributed by atoms with Crippen molar-refractivity contribution < 1.29 is 0 Å². The van der Waals surface area contributed by atoms with Crippen molar-refractivity contribution in [2.75, 3.05) is 0 Å². The summed E-state index contributed by atoms with van der Waals surface area (Å²) >= 11 is 0. The van der Waals surface area contributed by atoms with Crippen LogP contribution in [0.25, 0.3) is 0 Å². The molecule has 0 aliphatic carbocycles. The quantitative estimate of drug-likeness (QED) is 0.458. The molecule has 0 fully saturated rings. The summed E-state index contributed by atoms with van der Waals surface area (Å²) in [4.78, 5) is 0. The van der Waals surface area contributed by atoms with Crippen LogP contribution >= 0.6 is 0 Å². The van der Waals surface area contributed by atoms with Gasteiger partial charge in [-0.15, -0.1) is 0 Å². The highest BCUT2D eigenvalue weighted by Crippen LogP contribution is 2.13. The molecule has 0 spiro atoms. The highest BCUT2D eigenvalue weighted by Gasteiger charge is 2.12. The van der Waals surface area contributed by atoms with E-state index < -0.39 is 0 Å². The minimum Gasteiger partial charge on any atom is -0.311 e. The second-order valence-corrected chi connectivity index (χ2v) is 5.37. The molecular weight excluding hydrogens is 206 g/mol. The average Bonchev–Trinajstić information content (AvgIpc) is 2.35. The Morgan fingerprint density at radius 1 is 0.647 bits per heavy atom. The summed E-state index contributed by atoms with van der Waals surface area (Å²) in [5.41, 5.74) is 0. The van der Waals surface area contributed by atoms with Crippen LogP contribution in [0.4, 0.5) is 0 Å². The third-order valence-electron chi connectivity index (χ3n) is 3.77. The Morgan fingerprint density at radius 2 is 1.12 bits per heavy atom. The molecule has 0 bridgehead atoms. The molecule has 0 heterocycles. The largest absolute Gasteiger partial charge is 0.311 e. The van der Waals surface area contributed by atoms with Gasteiger partial charge in [-0.25, -0.2) is 0 Å². The topological polar surface area (TPSA) is 12.0 Å². The zero-order valence-electron chi connectivity index (χ0n) is 12.7. The molecule has 1 nitrogen and oxygen atoms in total. The van der Waals surface area contributed by atoms with Gasteiger partial charge in [0.1, 0.15) is 0 Å². The first-order valence-corrected chi connectivity index (χ1v) is 8.04. The Kier molecular flexibility index (Phi) is 12.4. The summed E-state index contributed by atoms with van der Waals surface area (Å²) < 4.78 is 0. The predicted octanol–water partition coefficient (Wildman–Crippen LogP) is 5.29. The SMILES string of the molecule is CCCCCC(CCCCC)NC(CC)CC. The molecule has 0 saturated heterocycles. The second-order valence-electron chi connectivity index (χ2n) is 5.37. The van der Waals surface area contributed by atoms with Crippen LogP contribution in [-0.2, 0) is 0 Å². The third kappa shape index (κ3) is 9.64. The smallest absolute Gasteiger partial charge is 0.00696 e. The van der Waals surface area contributed by atoms with Crippen LogP contribution in [0.3, 0.4) is 0 Å². The van der Waals surface area contributed by atoms with Gasteiger partial charge in [-0.2, -0.15) is 0 Å². The van der Waals surface area contributed by atoms with Gasteiger partial charge < -0.3 is 5.32 Å². The maximum absolute atomic E-state index is 3.87. The summed E-state index contributed by atoms with van der Waals surface area (Å²) in [6.45, 7) is 9.19. The van der Waals surface area contributed by atoms with E-state index in [0.717, 1.165) is 12.1 Å².